The van der Waals surface area contributed by atoms with Crippen LogP contribution in [0.2, 0.25) is 0 Å². The quantitative estimate of drug-likeness (QED) is 0.821. The van der Waals surface area contributed by atoms with Crippen molar-refractivity contribution in [3.05, 3.63) is 41.2 Å². The van der Waals surface area contributed by atoms with Gasteiger partial charge in [-0.2, -0.15) is 0 Å². The van der Waals surface area contributed by atoms with Crippen molar-refractivity contribution in [1.82, 2.24) is 20.2 Å². The number of hydrogen-bond donors (Lipinski definition) is 1. The molecule has 19 heavy (non-hydrogen) atoms. The van der Waals surface area contributed by atoms with Crippen LogP contribution in [0.1, 0.15) is 17.0 Å². The van der Waals surface area contributed by atoms with E-state index in [1.54, 1.807) is 0 Å². The van der Waals surface area contributed by atoms with Crippen LogP contribution in [-0.4, -0.2) is 34.4 Å². The molecule has 2 aromatic rings. The maximum absolute atomic E-state index is 10.9. The topological polar surface area (TPSA) is 104 Å². The summed E-state index contributed by atoms with van der Waals surface area (Å²) in [7, 11) is -3.51. The van der Waals surface area contributed by atoms with Crippen LogP contribution >= 0.6 is 0 Å². The van der Waals surface area contributed by atoms with E-state index in [0.29, 0.717) is 12.2 Å². The third kappa shape index (κ3) is 4.11. The molecule has 102 valence electrons. The summed E-state index contributed by atoms with van der Waals surface area (Å²) in [6.45, 7) is 2.17. The molecule has 0 atom stereocenters. The Morgan fingerprint density at radius 3 is 2.58 bits per heavy atom. The van der Waals surface area contributed by atoms with Crippen molar-refractivity contribution in [1.29, 1.82) is 0 Å². The molecule has 8 heteroatoms. The monoisotopic (exact) mass is 281 g/mol. The molecule has 0 unspecified atom stereocenters. The summed E-state index contributed by atoms with van der Waals surface area (Å²) in [5, 5.41) is 16.2. The van der Waals surface area contributed by atoms with Crippen molar-refractivity contribution >= 4 is 10.0 Å². The highest BCUT2D eigenvalue weighted by molar-refractivity contribution is 7.89. The Bertz CT molecular complexity index is 648. The van der Waals surface area contributed by atoms with E-state index in [1.165, 1.54) is 10.2 Å². The molecule has 0 aliphatic rings. The molecule has 0 saturated carbocycles. The van der Waals surface area contributed by atoms with Crippen LogP contribution in [0, 0.1) is 6.92 Å². The molecule has 1 aromatic heterocycles. The molecule has 7 nitrogen and oxygen atoms in total. The van der Waals surface area contributed by atoms with Gasteiger partial charge in [0.15, 0.2) is 5.82 Å². The van der Waals surface area contributed by atoms with Crippen LogP contribution in [0.25, 0.3) is 0 Å². The van der Waals surface area contributed by atoms with Gasteiger partial charge >= 0.3 is 0 Å². The van der Waals surface area contributed by atoms with E-state index >= 15 is 0 Å². The third-order valence-electron chi connectivity index (χ3n) is 2.68. The Hall–Kier alpha value is -1.80. The predicted octanol–water partition coefficient (Wildman–Crippen LogP) is -0.139. The van der Waals surface area contributed by atoms with E-state index in [2.05, 4.69) is 15.5 Å². The van der Waals surface area contributed by atoms with Gasteiger partial charge in [-0.3, -0.25) is 0 Å². The van der Waals surface area contributed by atoms with Crippen LogP contribution in [0.4, 0.5) is 0 Å². The third-order valence-corrected chi connectivity index (χ3v) is 3.43. The number of aromatic nitrogens is 4. The van der Waals surface area contributed by atoms with Gasteiger partial charge in [-0.25, -0.2) is 18.2 Å². The summed E-state index contributed by atoms with van der Waals surface area (Å²) in [5.41, 5.74) is 2.25. The lowest BCUT2D eigenvalue weighted by molar-refractivity contribution is 0.569. The second-order valence-corrected chi connectivity index (χ2v) is 6.08. The van der Waals surface area contributed by atoms with E-state index < -0.39 is 10.0 Å². The van der Waals surface area contributed by atoms with E-state index in [0.717, 1.165) is 5.56 Å². The maximum Gasteiger partial charge on any atom is 0.210 e. The van der Waals surface area contributed by atoms with E-state index in [-0.39, 0.29) is 12.3 Å². The minimum absolute atomic E-state index is 0.160. The highest BCUT2D eigenvalue weighted by atomic mass is 32.2. The van der Waals surface area contributed by atoms with Gasteiger partial charge in [-0.1, -0.05) is 29.8 Å². The number of sulfonamides is 1. The summed E-state index contributed by atoms with van der Waals surface area (Å²) in [6, 6.07) is 8.00. The van der Waals surface area contributed by atoms with Crippen molar-refractivity contribution in [3.8, 4) is 0 Å². The Morgan fingerprint density at radius 1 is 1.26 bits per heavy atom. The lowest BCUT2D eigenvalue weighted by atomic mass is 10.1. The number of tetrazole rings is 1. The molecule has 2 rings (SSSR count). The van der Waals surface area contributed by atoms with Gasteiger partial charge in [0.2, 0.25) is 10.0 Å². The standard InChI is InChI=1S/C11H15N5O2S/c1-9-2-4-10(5-3-9)8-11-13-14-15-16(11)6-7-19(12,17)18/h2-5H,6-8H2,1H3,(H2,12,17,18). The maximum atomic E-state index is 10.9. The van der Waals surface area contributed by atoms with Gasteiger partial charge in [-0.15, -0.1) is 5.10 Å². The number of primary sulfonamides is 1. The molecule has 0 radical (unpaired) electrons. The molecule has 0 amide bonds. The molecule has 1 heterocycles. The summed E-state index contributed by atoms with van der Waals surface area (Å²) in [6.07, 6.45) is 0.553. The van der Waals surface area contributed by atoms with E-state index in [4.69, 9.17) is 5.14 Å². The molecule has 2 N–H and O–H groups in total. The molecular weight excluding hydrogens is 266 g/mol. The second kappa shape index (κ2) is 5.45. The zero-order chi connectivity index (χ0) is 13.9. The van der Waals surface area contributed by atoms with Crippen molar-refractivity contribution in [2.45, 2.75) is 19.9 Å². The summed E-state index contributed by atoms with van der Waals surface area (Å²) in [4.78, 5) is 0. The van der Waals surface area contributed by atoms with Gasteiger partial charge in [0, 0.05) is 6.42 Å². The fourth-order valence-electron chi connectivity index (χ4n) is 1.63. The molecule has 0 aliphatic heterocycles. The Kier molecular flexibility index (Phi) is 3.91. The van der Waals surface area contributed by atoms with Crippen LogP contribution < -0.4 is 5.14 Å². The fraction of sp³-hybridized carbons (Fsp3) is 0.364. The smallest absolute Gasteiger partial charge is 0.210 e. The van der Waals surface area contributed by atoms with Crippen molar-refractivity contribution in [2.75, 3.05) is 5.75 Å². The molecule has 0 bridgehead atoms. The van der Waals surface area contributed by atoms with Gasteiger partial charge in [0.25, 0.3) is 0 Å². The number of aryl methyl sites for hydroxylation is 2. The molecular formula is C11H15N5O2S. The van der Waals surface area contributed by atoms with Gasteiger partial charge in [-0.05, 0) is 22.9 Å². The SMILES string of the molecule is Cc1ccc(Cc2nnnn2CCS(N)(=O)=O)cc1. The van der Waals surface area contributed by atoms with Crippen LogP contribution in [0.3, 0.4) is 0 Å². The van der Waals surface area contributed by atoms with Crippen molar-refractivity contribution in [2.24, 2.45) is 5.14 Å². The summed E-state index contributed by atoms with van der Waals surface area (Å²) in [5.74, 6) is 0.436. The van der Waals surface area contributed by atoms with E-state index in [9.17, 15) is 8.42 Å². The summed E-state index contributed by atoms with van der Waals surface area (Å²) < 4.78 is 23.3. The average molecular weight is 281 g/mol. The number of nitrogens with two attached hydrogens (primary N) is 1. The van der Waals surface area contributed by atoms with Gasteiger partial charge in [0.1, 0.15) is 0 Å². The lowest BCUT2D eigenvalue weighted by Crippen LogP contribution is -2.22. The number of nitrogens with zero attached hydrogens (tertiary/aromatic N) is 4. The predicted molar refractivity (Wildman–Crippen MR) is 69.8 cm³/mol. The zero-order valence-corrected chi connectivity index (χ0v) is 11.3. The summed E-state index contributed by atoms with van der Waals surface area (Å²) >= 11 is 0. The number of hydrogen-bond acceptors (Lipinski definition) is 5. The fourth-order valence-corrected chi connectivity index (χ4v) is 2.05. The Balaban J connectivity index is 2.09. The van der Waals surface area contributed by atoms with Gasteiger partial charge < -0.3 is 0 Å². The largest absolute Gasteiger partial charge is 0.229 e. The Morgan fingerprint density at radius 2 is 1.95 bits per heavy atom. The van der Waals surface area contributed by atoms with Crippen molar-refractivity contribution in [3.63, 3.8) is 0 Å². The normalized spacial score (nSPS) is 11.7. The number of rotatable bonds is 5. The molecule has 0 saturated heterocycles. The molecule has 0 aliphatic carbocycles. The minimum Gasteiger partial charge on any atom is -0.229 e. The van der Waals surface area contributed by atoms with Crippen molar-refractivity contribution < 1.29 is 8.42 Å². The van der Waals surface area contributed by atoms with E-state index in [1.807, 2.05) is 31.2 Å². The first kappa shape index (κ1) is 13.6. The molecule has 0 fully saturated rings. The van der Waals surface area contributed by atoms with Crippen LogP contribution in [0.15, 0.2) is 24.3 Å². The Labute approximate surface area is 111 Å². The first-order valence-corrected chi connectivity index (χ1v) is 7.47. The first-order chi connectivity index (χ1) is 8.94. The van der Waals surface area contributed by atoms with Crippen LogP contribution in [-0.2, 0) is 23.0 Å². The zero-order valence-electron chi connectivity index (χ0n) is 10.5. The molecule has 0 spiro atoms. The number of benzene rings is 1. The highest BCUT2D eigenvalue weighted by Crippen LogP contribution is 2.08. The minimum atomic E-state index is -3.51. The first-order valence-electron chi connectivity index (χ1n) is 5.75. The van der Waals surface area contributed by atoms with Crippen LogP contribution in [0.5, 0.6) is 0 Å². The van der Waals surface area contributed by atoms with Gasteiger partial charge in [0.05, 0.1) is 12.3 Å². The molecule has 1 aromatic carbocycles. The average Bonchev–Trinajstić information content (AvgIpc) is 2.76. The lowest BCUT2D eigenvalue weighted by Gasteiger charge is -2.04. The second-order valence-electron chi connectivity index (χ2n) is 4.35. The highest BCUT2D eigenvalue weighted by Gasteiger charge is 2.10.